The van der Waals surface area contributed by atoms with E-state index < -0.39 is 4.92 Å². The van der Waals surface area contributed by atoms with Crippen molar-refractivity contribution in [2.24, 2.45) is 0 Å². The second-order valence-corrected chi connectivity index (χ2v) is 2.69. The number of benzene rings is 1. The summed E-state index contributed by atoms with van der Waals surface area (Å²) in [7, 11) is 0. The minimum absolute atomic E-state index is 0.128. The van der Waals surface area contributed by atoms with Crippen LogP contribution in [0.1, 0.15) is 0 Å². The summed E-state index contributed by atoms with van der Waals surface area (Å²) in [6.07, 6.45) is 0. The van der Waals surface area contributed by atoms with Gasteiger partial charge < -0.3 is 0 Å². The zero-order valence-electron chi connectivity index (χ0n) is 5.89. The van der Waals surface area contributed by atoms with Gasteiger partial charge in [0.15, 0.2) is 5.82 Å². The Hall–Kier alpha value is -1.91. The summed E-state index contributed by atoms with van der Waals surface area (Å²) in [5, 5.41) is 15.2. The highest BCUT2D eigenvalue weighted by Gasteiger charge is 2.27. The summed E-state index contributed by atoms with van der Waals surface area (Å²) < 4.78 is 1.76. The zero-order valence-corrected chi connectivity index (χ0v) is 5.89. The minimum atomic E-state index is -0.397. The molecule has 0 atom stereocenters. The van der Waals surface area contributed by atoms with Crippen molar-refractivity contribution in [3.63, 3.8) is 0 Å². The van der Waals surface area contributed by atoms with Crippen LogP contribution in [0, 0.1) is 10.1 Å². The largest absolute Gasteiger partial charge is 0.270 e. The van der Waals surface area contributed by atoms with E-state index in [9.17, 15) is 10.1 Å². The van der Waals surface area contributed by atoms with Crippen LogP contribution < -0.4 is 0 Å². The number of hydrogen-bond acceptors (Lipinski definition) is 3. The van der Waals surface area contributed by atoms with Gasteiger partial charge in [-0.05, 0) is 6.07 Å². The summed E-state index contributed by atoms with van der Waals surface area (Å²) in [5.41, 5.74) is 1.10. The van der Waals surface area contributed by atoms with Gasteiger partial charge >= 0.3 is 0 Å². The van der Waals surface area contributed by atoms with Gasteiger partial charge in [-0.3, -0.25) is 10.1 Å². The molecule has 2 heterocycles. The maximum Gasteiger partial charge on any atom is 0.270 e. The van der Waals surface area contributed by atoms with Crippen molar-refractivity contribution >= 4 is 16.6 Å². The fourth-order valence-electron chi connectivity index (χ4n) is 1.36. The van der Waals surface area contributed by atoms with Gasteiger partial charge in [-0.2, -0.15) is 0 Å². The Balaban J connectivity index is 2.32. The lowest BCUT2D eigenvalue weighted by atomic mass is 10.2. The molecule has 0 fully saturated rings. The van der Waals surface area contributed by atoms with Crippen molar-refractivity contribution in [3.05, 3.63) is 28.3 Å². The second kappa shape index (κ2) is 1.47. The van der Waals surface area contributed by atoms with Crippen LogP contribution >= 0.6 is 0 Å². The minimum Gasteiger partial charge on any atom is -0.258 e. The first kappa shape index (κ1) is 5.70. The van der Waals surface area contributed by atoms with Crippen molar-refractivity contribution in [1.82, 2.24) is 9.78 Å². The van der Waals surface area contributed by atoms with Gasteiger partial charge in [0.05, 0.1) is 15.8 Å². The lowest BCUT2D eigenvalue weighted by Crippen LogP contribution is -1.91. The van der Waals surface area contributed by atoms with E-state index in [2.05, 4.69) is 5.10 Å². The van der Waals surface area contributed by atoms with E-state index in [1.165, 1.54) is 6.07 Å². The first-order valence-corrected chi connectivity index (χ1v) is 3.45. The topological polar surface area (TPSA) is 61.0 Å². The Morgan fingerprint density at radius 3 is 3.08 bits per heavy atom. The summed E-state index contributed by atoms with van der Waals surface area (Å²) in [4.78, 5) is 9.96. The summed E-state index contributed by atoms with van der Waals surface area (Å²) >= 11 is 0. The van der Waals surface area contributed by atoms with E-state index in [0.717, 1.165) is 16.7 Å². The standard InChI is InChI=1S/C7H3N3O2/c11-10(12)4-1-2-6-5(3-4)7-8-9(6)7/h1-3H. The molecule has 2 aliphatic heterocycles. The molecule has 0 spiro atoms. The molecule has 1 aromatic carbocycles. The van der Waals surface area contributed by atoms with E-state index in [1.807, 2.05) is 0 Å². The van der Waals surface area contributed by atoms with Crippen molar-refractivity contribution < 1.29 is 4.92 Å². The van der Waals surface area contributed by atoms with Gasteiger partial charge in [-0.25, -0.2) is 4.68 Å². The molecule has 0 saturated heterocycles. The Bertz CT molecular complexity index is 515. The van der Waals surface area contributed by atoms with Crippen molar-refractivity contribution in [1.29, 1.82) is 0 Å². The summed E-state index contributed by atoms with van der Waals surface area (Å²) in [5.74, 6) is 0.869. The summed E-state index contributed by atoms with van der Waals surface area (Å²) in [6, 6.07) is 4.76. The summed E-state index contributed by atoms with van der Waals surface area (Å²) in [6.45, 7) is 0. The molecule has 0 bridgehead atoms. The van der Waals surface area contributed by atoms with Crippen LogP contribution in [0.3, 0.4) is 0 Å². The molecule has 0 aliphatic carbocycles. The third kappa shape index (κ3) is 0.481. The van der Waals surface area contributed by atoms with E-state index >= 15 is 0 Å². The molecule has 1 aromatic rings. The molecular weight excluding hydrogens is 158 g/mol. The van der Waals surface area contributed by atoms with Crippen molar-refractivity contribution in [2.75, 3.05) is 0 Å². The predicted molar refractivity (Wildman–Crippen MR) is 41.3 cm³/mol. The van der Waals surface area contributed by atoms with Gasteiger partial charge in [0.2, 0.25) is 0 Å². The first-order valence-electron chi connectivity index (χ1n) is 3.45. The predicted octanol–water partition coefficient (Wildman–Crippen LogP) is 1.25. The van der Waals surface area contributed by atoms with Gasteiger partial charge in [0, 0.05) is 12.1 Å². The smallest absolute Gasteiger partial charge is 0.258 e. The number of nitro groups is 1. The van der Waals surface area contributed by atoms with Crippen molar-refractivity contribution in [2.45, 2.75) is 0 Å². The second-order valence-electron chi connectivity index (χ2n) is 2.69. The average molecular weight is 161 g/mol. The average Bonchev–Trinajstić information content (AvgIpc) is 2.74. The number of nitro benzene ring substituents is 1. The Morgan fingerprint density at radius 1 is 1.50 bits per heavy atom. The number of hydrogen-bond donors (Lipinski definition) is 0. The highest BCUT2D eigenvalue weighted by molar-refractivity contribution is 5.97. The fourth-order valence-corrected chi connectivity index (χ4v) is 1.36. The molecule has 0 N–H and O–H groups in total. The molecular formula is C7H3N3O2. The molecule has 58 valence electrons. The van der Waals surface area contributed by atoms with Crippen molar-refractivity contribution in [3.8, 4) is 5.82 Å². The molecule has 0 unspecified atom stereocenters. The van der Waals surface area contributed by atoms with Crippen LogP contribution in [0.5, 0.6) is 0 Å². The molecule has 0 saturated carbocycles. The first-order chi connectivity index (χ1) is 5.77. The molecule has 0 amide bonds. The van der Waals surface area contributed by atoms with E-state index in [0.29, 0.717) is 0 Å². The monoisotopic (exact) mass is 161 g/mol. The zero-order chi connectivity index (χ0) is 8.29. The molecule has 5 heteroatoms. The Labute approximate surface area is 66.4 Å². The molecule has 5 nitrogen and oxygen atoms in total. The van der Waals surface area contributed by atoms with Crippen LogP contribution in [0.4, 0.5) is 5.69 Å². The van der Waals surface area contributed by atoms with E-state index in [1.54, 1.807) is 16.8 Å². The van der Waals surface area contributed by atoms with Gasteiger partial charge in [0.25, 0.3) is 5.69 Å². The van der Waals surface area contributed by atoms with Gasteiger partial charge in [0.1, 0.15) is 0 Å². The van der Waals surface area contributed by atoms with E-state index in [-0.39, 0.29) is 5.69 Å². The van der Waals surface area contributed by atoms with Crippen LogP contribution in [0.15, 0.2) is 18.2 Å². The van der Waals surface area contributed by atoms with E-state index in [4.69, 9.17) is 0 Å². The normalized spacial score (nSPS) is 12.0. The number of non-ortho nitro benzene ring substituents is 1. The molecule has 3 rings (SSSR count). The van der Waals surface area contributed by atoms with Crippen LogP contribution in [0.2, 0.25) is 0 Å². The third-order valence-electron chi connectivity index (χ3n) is 2.02. The molecule has 12 heavy (non-hydrogen) atoms. The lowest BCUT2D eigenvalue weighted by Gasteiger charge is -1.99. The highest BCUT2D eigenvalue weighted by atomic mass is 16.6. The maximum atomic E-state index is 10.4. The highest BCUT2D eigenvalue weighted by Crippen LogP contribution is 2.36. The SMILES string of the molecule is O=[N+]([O-])c1ccc2c(c1)c1nn2-1. The van der Waals surface area contributed by atoms with Gasteiger partial charge in [-0.15, -0.1) is 5.10 Å². The third-order valence-corrected chi connectivity index (χ3v) is 2.02. The maximum absolute atomic E-state index is 10.4. The van der Waals surface area contributed by atoms with Gasteiger partial charge in [-0.1, -0.05) is 0 Å². The molecule has 0 radical (unpaired) electrons. The number of nitrogens with zero attached hydrogens (tertiary/aromatic N) is 3. The fraction of sp³-hybridized carbons (Fsp3) is 0. The Morgan fingerprint density at radius 2 is 2.33 bits per heavy atom. The lowest BCUT2D eigenvalue weighted by molar-refractivity contribution is -0.384. The van der Waals surface area contributed by atoms with Crippen LogP contribution in [0.25, 0.3) is 16.7 Å². The Kier molecular flexibility index (Phi) is 0.701. The van der Waals surface area contributed by atoms with Crippen LogP contribution in [-0.4, -0.2) is 14.7 Å². The molecule has 2 aliphatic rings. The van der Waals surface area contributed by atoms with Crippen LogP contribution in [-0.2, 0) is 0 Å². The molecule has 0 aromatic heterocycles. The number of rotatable bonds is 1. The number of aromatic nitrogens is 2. The quantitative estimate of drug-likeness (QED) is 0.398. The number of fused-ring (bicyclic) bond motifs is 4.